The molecule has 2 aromatic rings. The molecule has 19 heavy (non-hydrogen) atoms. The molecule has 1 heterocycles. The van der Waals surface area contributed by atoms with Gasteiger partial charge in [-0.3, -0.25) is 0 Å². The minimum atomic E-state index is -2.55. The van der Waals surface area contributed by atoms with Crippen LogP contribution in [0.25, 0.3) is 10.9 Å². The molecule has 1 N–H and O–H groups in total. The number of aromatic nitrogens is 1. The van der Waals surface area contributed by atoms with E-state index in [1.165, 1.54) is 6.07 Å². The van der Waals surface area contributed by atoms with Crippen LogP contribution in [-0.2, 0) is 0 Å². The molecule has 0 unspecified atom stereocenters. The average molecular weight is 264 g/mol. The molecule has 2 rings (SSSR count). The first-order valence-corrected chi connectivity index (χ1v) is 6.47. The molecule has 0 amide bonds. The SMILES string of the molecule is CCCNc1cc(C(F)F)nc2c(C)cc(C)cc12. The van der Waals surface area contributed by atoms with Crippen molar-refractivity contribution >= 4 is 16.6 Å². The number of aryl methyl sites for hydroxylation is 2. The quantitative estimate of drug-likeness (QED) is 0.872. The van der Waals surface area contributed by atoms with Gasteiger partial charge in [0.15, 0.2) is 0 Å². The summed E-state index contributed by atoms with van der Waals surface area (Å²) in [6.07, 6.45) is -1.61. The van der Waals surface area contributed by atoms with Crippen molar-refractivity contribution in [2.24, 2.45) is 0 Å². The smallest absolute Gasteiger partial charge is 0.280 e. The van der Waals surface area contributed by atoms with Crippen LogP contribution >= 0.6 is 0 Å². The zero-order chi connectivity index (χ0) is 14.0. The fraction of sp³-hybridized carbons (Fsp3) is 0.400. The van der Waals surface area contributed by atoms with Crippen molar-refractivity contribution in [2.75, 3.05) is 11.9 Å². The first-order chi connectivity index (χ1) is 9.02. The van der Waals surface area contributed by atoms with E-state index in [2.05, 4.69) is 10.3 Å². The number of nitrogens with one attached hydrogen (secondary N) is 1. The average Bonchev–Trinajstić information content (AvgIpc) is 2.35. The van der Waals surface area contributed by atoms with E-state index in [0.29, 0.717) is 5.52 Å². The van der Waals surface area contributed by atoms with Gasteiger partial charge >= 0.3 is 0 Å². The summed E-state index contributed by atoms with van der Waals surface area (Å²) >= 11 is 0. The van der Waals surface area contributed by atoms with Gasteiger partial charge in [-0.15, -0.1) is 0 Å². The molecule has 0 aliphatic heterocycles. The van der Waals surface area contributed by atoms with E-state index in [1.807, 2.05) is 32.9 Å². The Morgan fingerprint density at radius 1 is 1.21 bits per heavy atom. The second-order valence-corrected chi connectivity index (χ2v) is 4.80. The van der Waals surface area contributed by atoms with Crippen molar-refractivity contribution in [1.82, 2.24) is 4.98 Å². The van der Waals surface area contributed by atoms with Crippen molar-refractivity contribution < 1.29 is 8.78 Å². The van der Waals surface area contributed by atoms with Crippen LogP contribution in [0.4, 0.5) is 14.5 Å². The van der Waals surface area contributed by atoms with Gasteiger partial charge in [0.1, 0.15) is 5.69 Å². The second kappa shape index (κ2) is 5.51. The third-order valence-corrected chi connectivity index (χ3v) is 3.06. The molecular formula is C15H18F2N2. The summed E-state index contributed by atoms with van der Waals surface area (Å²) in [7, 11) is 0. The number of alkyl halides is 2. The van der Waals surface area contributed by atoms with Gasteiger partial charge in [-0.2, -0.15) is 0 Å². The normalized spacial score (nSPS) is 11.3. The van der Waals surface area contributed by atoms with Crippen molar-refractivity contribution in [1.29, 1.82) is 0 Å². The van der Waals surface area contributed by atoms with Crippen LogP contribution in [0.2, 0.25) is 0 Å². The van der Waals surface area contributed by atoms with E-state index in [0.717, 1.165) is 35.2 Å². The summed E-state index contributed by atoms with van der Waals surface area (Å²) in [5, 5.41) is 4.13. The maximum atomic E-state index is 12.9. The Labute approximate surface area is 111 Å². The molecule has 0 aliphatic rings. The number of anilines is 1. The lowest BCUT2D eigenvalue weighted by atomic mass is 10.0. The van der Waals surface area contributed by atoms with Crippen LogP contribution in [0.5, 0.6) is 0 Å². The van der Waals surface area contributed by atoms with Crippen LogP contribution in [0, 0.1) is 13.8 Å². The highest BCUT2D eigenvalue weighted by atomic mass is 19.3. The predicted molar refractivity (Wildman–Crippen MR) is 75.0 cm³/mol. The standard InChI is InChI=1S/C15H18F2N2/c1-4-5-18-12-8-13(15(16)17)19-14-10(3)6-9(2)7-11(12)14/h6-8,15H,4-5H2,1-3H3,(H,18,19). The molecule has 0 saturated heterocycles. The number of halogens is 2. The maximum absolute atomic E-state index is 12.9. The molecule has 0 spiro atoms. The summed E-state index contributed by atoms with van der Waals surface area (Å²) in [6.45, 7) is 6.70. The van der Waals surface area contributed by atoms with Crippen molar-refractivity contribution in [3.8, 4) is 0 Å². The summed E-state index contributed by atoms with van der Waals surface area (Å²) in [5.74, 6) is 0. The Morgan fingerprint density at radius 3 is 2.58 bits per heavy atom. The third kappa shape index (κ3) is 2.83. The number of fused-ring (bicyclic) bond motifs is 1. The molecule has 0 saturated carbocycles. The molecule has 0 atom stereocenters. The number of rotatable bonds is 4. The van der Waals surface area contributed by atoms with Crippen molar-refractivity contribution in [3.63, 3.8) is 0 Å². The zero-order valence-corrected chi connectivity index (χ0v) is 11.4. The molecule has 0 radical (unpaired) electrons. The van der Waals surface area contributed by atoms with E-state index in [9.17, 15) is 8.78 Å². The molecule has 4 heteroatoms. The summed E-state index contributed by atoms with van der Waals surface area (Å²) in [5.41, 5.74) is 3.27. The van der Waals surface area contributed by atoms with E-state index in [4.69, 9.17) is 0 Å². The molecule has 102 valence electrons. The highest BCUT2D eigenvalue weighted by Crippen LogP contribution is 2.30. The first-order valence-electron chi connectivity index (χ1n) is 6.47. The second-order valence-electron chi connectivity index (χ2n) is 4.80. The molecule has 1 aromatic heterocycles. The summed E-state index contributed by atoms with van der Waals surface area (Å²) in [4.78, 5) is 4.09. The highest BCUT2D eigenvalue weighted by Gasteiger charge is 2.14. The molecule has 0 fully saturated rings. The first kappa shape index (κ1) is 13.7. The van der Waals surface area contributed by atoms with Crippen LogP contribution in [0.1, 0.15) is 36.6 Å². The minimum absolute atomic E-state index is 0.168. The van der Waals surface area contributed by atoms with Gasteiger partial charge in [-0.1, -0.05) is 18.6 Å². The Hall–Kier alpha value is -1.71. The molecule has 0 bridgehead atoms. The number of benzene rings is 1. The van der Waals surface area contributed by atoms with E-state index >= 15 is 0 Å². The van der Waals surface area contributed by atoms with E-state index < -0.39 is 6.43 Å². The maximum Gasteiger partial charge on any atom is 0.280 e. The topological polar surface area (TPSA) is 24.9 Å². The van der Waals surface area contributed by atoms with Crippen LogP contribution in [-0.4, -0.2) is 11.5 Å². The number of pyridine rings is 1. The van der Waals surface area contributed by atoms with Gasteiger partial charge in [0.05, 0.1) is 5.52 Å². The Kier molecular flexibility index (Phi) is 3.98. The summed E-state index contributed by atoms with van der Waals surface area (Å²) < 4.78 is 25.8. The van der Waals surface area contributed by atoms with Gasteiger partial charge < -0.3 is 5.32 Å². The van der Waals surface area contributed by atoms with Crippen LogP contribution in [0.15, 0.2) is 18.2 Å². The monoisotopic (exact) mass is 264 g/mol. The lowest BCUT2D eigenvalue weighted by molar-refractivity contribution is 0.146. The van der Waals surface area contributed by atoms with Gasteiger partial charge in [-0.25, -0.2) is 13.8 Å². The Bertz CT molecular complexity index is 594. The Morgan fingerprint density at radius 2 is 1.95 bits per heavy atom. The van der Waals surface area contributed by atoms with Crippen molar-refractivity contribution in [2.45, 2.75) is 33.6 Å². The van der Waals surface area contributed by atoms with E-state index in [1.54, 1.807) is 0 Å². The third-order valence-electron chi connectivity index (χ3n) is 3.06. The molecule has 0 aliphatic carbocycles. The Balaban J connectivity index is 2.67. The van der Waals surface area contributed by atoms with Gasteiger partial charge in [0, 0.05) is 17.6 Å². The fourth-order valence-corrected chi connectivity index (χ4v) is 2.22. The molecular weight excluding hydrogens is 246 g/mol. The lowest BCUT2D eigenvalue weighted by Gasteiger charge is -2.13. The molecule has 2 nitrogen and oxygen atoms in total. The fourth-order valence-electron chi connectivity index (χ4n) is 2.22. The van der Waals surface area contributed by atoms with Crippen LogP contribution < -0.4 is 5.32 Å². The number of hydrogen-bond acceptors (Lipinski definition) is 2. The number of hydrogen-bond donors (Lipinski definition) is 1. The lowest BCUT2D eigenvalue weighted by Crippen LogP contribution is -2.03. The number of nitrogens with zero attached hydrogens (tertiary/aromatic N) is 1. The minimum Gasteiger partial charge on any atom is -0.384 e. The zero-order valence-electron chi connectivity index (χ0n) is 11.4. The molecule has 1 aromatic carbocycles. The van der Waals surface area contributed by atoms with Gasteiger partial charge in [-0.05, 0) is 38.0 Å². The van der Waals surface area contributed by atoms with Crippen molar-refractivity contribution in [3.05, 3.63) is 35.0 Å². The van der Waals surface area contributed by atoms with Gasteiger partial charge in [0.2, 0.25) is 0 Å². The predicted octanol–water partition coefficient (Wildman–Crippen LogP) is 4.61. The highest BCUT2D eigenvalue weighted by molar-refractivity contribution is 5.94. The van der Waals surface area contributed by atoms with E-state index in [-0.39, 0.29) is 5.69 Å². The largest absolute Gasteiger partial charge is 0.384 e. The summed E-state index contributed by atoms with van der Waals surface area (Å²) in [6, 6.07) is 5.41. The van der Waals surface area contributed by atoms with Gasteiger partial charge in [0.25, 0.3) is 6.43 Å². The van der Waals surface area contributed by atoms with Crippen LogP contribution in [0.3, 0.4) is 0 Å².